The topological polar surface area (TPSA) is 63.4 Å². The molecule has 0 bridgehead atoms. The number of hydrogen-bond donors (Lipinski definition) is 1. The van der Waals surface area contributed by atoms with Crippen LogP contribution in [-0.4, -0.2) is 32.4 Å². The molecule has 4 nitrogen and oxygen atoms in total. The van der Waals surface area contributed by atoms with Crippen LogP contribution in [0.1, 0.15) is 25.8 Å². The Hall–Kier alpha value is -0.330. The molecule has 1 rings (SSSR count). The second-order valence-electron chi connectivity index (χ2n) is 5.39. The highest BCUT2D eigenvalue weighted by molar-refractivity contribution is 7.89. The van der Waals surface area contributed by atoms with Crippen LogP contribution in [-0.2, 0) is 10.0 Å². The van der Waals surface area contributed by atoms with Crippen LogP contribution in [0.2, 0.25) is 5.02 Å². The van der Waals surface area contributed by atoms with Gasteiger partial charge in [-0.3, -0.25) is 0 Å². The van der Waals surface area contributed by atoms with Crippen LogP contribution in [0.3, 0.4) is 0 Å². The number of nitrogens with two attached hydrogens (primary N) is 1. The number of halogens is 2. The van der Waals surface area contributed by atoms with Crippen LogP contribution in [0.4, 0.5) is 0 Å². The van der Waals surface area contributed by atoms with E-state index in [2.05, 4.69) is 0 Å². The van der Waals surface area contributed by atoms with Gasteiger partial charge >= 0.3 is 0 Å². The predicted octanol–water partition coefficient (Wildman–Crippen LogP) is 3.06. The van der Waals surface area contributed by atoms with E-state index in [4.69, 9.17) is 17.3 Å². The molecule has 0 aliphatic heterocycles. The fraction of sp³-hybridized carbons (Fsp3) is 0.571. The molecule has 0 spiro atoms. The second kappa shape index (κ2) is 8.34. The highest BCUT2D eigenvalue weighted by atomic mass is 35.5. The molecule has 0 heterocycles. The Morgan fingerprint density at radius 2 is 1.90 bits per heavy atom. The van der Waals surface area contributed by atoms with Crippen molar-refractivity contribution in [1.29, 1.82) is 0 Å². The smallest absolute Gasteiger partial charge is 0.243 e. The minimum atomic E-state index is -3.52. The maximum Gasteiger partial charge on any atom is 0.243 e. The molecule has 0 aliphatic carbocycles. The first kappa shape index (κ1) is 20.7. The fourth-order valence-corrected chi connectivity index (χ4v) is 3.48. The number of nitrogens with zero attached hydrogens (tertiary/aromatic N) is 1. The Kier molecular flexibility index (Phi) is 8.21. The van der Waals surface area contributed by atoms with Gasteiger partial charge in [0.25, 0.3) is 0 Å². The third-order valence-corrected chi connectivity index (χ3v) is 5.95. The molecule has 2 N–H and O–H groups in total. The molecule has 1 unspecified atom stereocenters. The molecule has 0 radical (unpaired) electrons. The Morgan fingerprint density at radius 3 is 2.43 bits per heavy atom. The number of benzene rings is 1. The number of sulfonamides is 1. The average molecular weight is 355 g/mol. The van der Waals surface area contributed by atoms with Gasteiger partial charge in [-0.15, -0.1) is 12.4 Å². The van der Waals surface area contributed by atoms with Crippen LogP contribution < -0.4 is 5.73 Å². The lowest BCUT2D eigenvalue weighted by Crippen LogP contribution is -2.34. The fourth-order valence-electron chi connectivity index (χ4n) is 1.82. The molecule has 122 valence electrons. The van der Waals surface area contributed by atoms with Gasteiger partial charge < -0.3 is 5.73 Å². The molecule has 0 amide bonds. The van der Waals surface area contributed by atoms with Gasteiger partial charge in [0.1, 0.15) is 0 Å². The van der Waals surface area contributed by atoms with Crippen LogP contribution in [0, 0.1) is 12.8 Å². The van der Waals surface area contributed by atoms with E-state index < -0.39 is 10.0 Å². The summed E-state index contributed by atoms with van der Waals surface area (Å²) >= 11 is 5.99. The Labute approximate surface area is 139 Å². The van der Waals surface area contributed by atoms with Crippen molar-refractivity contribution in [1.82, 2.24) is 4.31 Å². The van der Waals surface area contributed by atoms with Crippen molar-refractivity contribution in [2.75, 3.05) is 13.6 Å². The van der Waals surface area contributed by atoms with E-state index in [1.54, 1.807) is 32.2 Å². The molecule has 21 heavy (non-hydrogen) atoms. The molecule has 1 aromatic rings. The quantitative estimate of drug-likeness (QED) is 0.853. The lowest BCUT2D eigenvalue weighted by atomic mass is 10.0. The minimum Gasteiger partial charge on any atom is -0.327 e. The molecule has 0 aliphatic rings. The van der Waals surface area contributed by atoms with E-state index in [-0.39, 0.29) is 23.3 Å². The average Bonchev–Trinajstić information content (AvgIpc) is 2.38. The van der Waals surface area contributed by atoms with E-state index in [0.717, 1.165) is 0 Å². The SMILES string of the molecule is Cc1c(Cl)cccc1S(=O)(=O)N(C)CCC(N)C(C)C.Cl. The van der Waals surface area contributed by atoms with Crippen molar-refractivity contribution in [2.45, 2.75) is 38.1 Å². The minimum absolute atomic E-state index is 0. The Morgan fingerprint density at radius 1 is 1.33 bits per heavy atom. The van der Waals surface area contributed by atoms with E-state index in [9.17, 15) is 8.42 Å². The zero-order chi connectivity index (χ0) is 15.5. The molecule has 0 aromatic heterocycles. The summed E-state index contributed by atoms with van der Waals surface area (Å²) in [6.07, 6.45) is 0.632. The van der Waals surface area contributed by atoms with E-state index >= 15 is 0 Å². The summed E-state index contributed by atoms with van der Waals surface area (Å²) in [6.45, 7) is 6.16. The van der Waals surface area contributed by atoms with E-state index in [0.29, 0.717) is 29.5 Å². The van der Waals surface area contributed by atoms with Crippen LogP contribution in [0.15, 0.2) is 23.1 Å². The maximum absolute atomic E-state index is 12.5. The van der Waals surface area contributed by atoms with Crippen molar-refractivity contribution < 1.29 is 8.42 Å². The van der Waals surface area contributed by atoms with Gasteiger partial charge in [0, 0.05) is 24.7 Å². The first-order valence-corrected chi connectivity index (χ1v) is 8.46. The van der Waals surface area contributed by atoms with Gasteiger partial charge in [-0.1, -0.05) is 31.5 Å². The standard InChI is InChI=1S/C14H23ClN2O2S.ClH/c1-10(2)13(16)8-9-17(4)20(18,19)14-7-5-6-12(15)11(14)3;/h5-7,10,13H,8-9,16H2,1-4H3;1H. The second-order valence-corrected chi connectivity index (χ2v) is 7.81. The monoisotopic (exact) mass is 354 g/mol. The molecule has 0 saturated heterocycles. The van der Waals surface area contributed by atoms with Gasteiger partial charge in [-0.2, -0.15) is 0 Å². The van der Waals surface area contributed by atoms with Crippen molar-refractivity contribution in [2.24, 2.45) is 11.7 Å². The lowest BCUT2D eigenvalue weighted by molar-refractivity contribution is 0.397. The van der Waals surface area contributed by atoms with Crippen molar-refractivity contribution in [3.8, 4) is 0 Å². The summed E-state index contributed by atoms with van der Waals surface area (Å²) in [5, 5.41) is 0.457. The molecular formula is C14H24Cl2N2O2S. The summed E-state index contributed by atoms with van der Waals surface area (Å²) in [6, 6.07) is 4.91. The summed E-state index contributed by atoms with van der Waals surface area (Å²) in [5.74, 6) is 0.332. The highest BCUT2D eigenvalue weighted by Crippen LogP contribution is 2.25. The van der Waals surface area contributed by atoms with Crippen molar-refractivity contribution in [3.05, 3.63) is 28.8 Å². The van der Waals surface area contributed by atoms with E-state index in [1.165, 1.54) is 4.31 Å². The molecular weight excluding hydrogens is 331 g/mol. The van der Waals surface area contributed by atoms with Gasteiger partial charge in [0.15, 0.2) is 0 Å². The number of rotatable bonds is 6. The third-order valence-electron chi connectivity index (χ3n) is 3.54. The Bertz CT molecular complexity index is 562. The van der Waals surface area contributed by atoms with Crippen LogP contribution in [0.5, 0.6) is 0 Å². The summed E-state index contributed by atoms with van der Waals surface area (Å²) in [7, 11) is -1.95. The summed E-state index contributed by atoms with van der Waals surface area (Å²) < 4.78 is 26.4. The van der Waals surface area contributed by atoms with Crippen LogP contribution >= 0.6 is 24.0 Å². The van der Waals surface area contributed by atoms with Gasteiger partial charge in [-0.05, 0) is 37.0 Å². The van der Waals surface area contributed by atoms with Crippen LogP contribution in [0.25, 0.3) is 0 Å². The van der Waals surface area contributed by atoms with Gasteiger partial charge in [0.2, 0.25) is 10.0 Å². The highest BCUT2D eigenvalue weighted by Gasteiger charge is 2.24. The first-order valence-electron chi connectivity index (χ1n) is 6.65. The van der Waals surface area contributed by atoms with Gasteiger partial charge in [-0.25, -0.2) is 12.7 Å². The van der Waals surface area contributed by atoms with Crippen molar-refractivity contribution >= 4 is 34.0 Å². The molecule has 0 saturated carbocycles. The third kappa shape index (κ3) is 5.11. The number of hydrogen-bond acceptors (Lipinski definition) is 3. The normalized spacial score (nSPS) is 13.3. The molecule has 0 fully saturated rings. The molecule has 7 heteroatoms. The van der Waals surface area contributed by atoms with Gasteiger partial charge in [0.05, 0.1) is 4.90 Å². The van der Waals surface area contributed by atoms with E-state index in [1.807, 2.05) is 13.8 Å². The van der Waals surface area contributed by atoms with Crippen molar-refractivity contribution in [3.63, 3.8) is 0 Å². The summed E-state index contributed by atoms with van der Waals surface area (Å²) in [5.41, 5.74) is 6.54. The molecule has 1 atom stereocenters. The largest absolute Gasteiger partial charge is 0.327 e. The summed E-state index contributed by atoms with van der Waals surface area (Å²) in [4.78, 5) is 0.255. The zero-order valence-corrected chi connectivity index (χ0v) is 15.2. The Balaban J connectivity index is 0.00000400. The maximum atomic E-state index is 12.5. The molecule has 1 aromatic carbocycles. The first-order chi connectivity index (χ1) is 9.17. The zero-order valence-electron chi connectivity index (χ0n) is 12.8. The lowest BCUT2D eigenvalue weighted by Gasteiger charge is -2.22. The predicted molar refractivity (Wildman–Crippen MR) is 90.7 cm³/mol.